The molecule has 1 N–H and O–H groups in total. The van der Waals surface area contributed by atoms with Crippen molar-refractivity contribution < 1.29 is 9.63 Å². The van der Waals surface area contributed by atoms with Gasteiger partial charge >= 0.3 is 5.95 Å². The zero-order valence-corrected chi connectivity index (χ0v) is 16.3. The van der Waals surface area contributed by atoms with Crippen molar-refractivity contribution in [2.75, 3.05) is 0 Å². The number of aromatic nitrogens is 3. The number of para-hydroxylation sites is 1. The highest BCUT2D eigenvalue weighted by Crippen LogP contribution is 2.38. The van der Waals surface area contributed by atoms with Crippen LogP contribution in [-0.2, 0) is 12.5 Å². The standard InChI is InChI=1S/C19H23N5O3/c1-11-9-7-8-10-13(11)24-17(25)14(12(2)23(24)6)20-21-15-16(19(3,4)5)22-27-18(15)26/h7-10,26H,1-6H3. The molecule has 3 aromatic rings. The molecule has 0 bridgehead atoms. The van der Waals surface area contributed by atoms with Crippen LogP contribution in [0.4, 0.5) is 11.4 Å². The van der Waals surface area contributed by atoms with E-state index in [-0.39, 0.29) is 16.9 Å². The summed E-state index contributed by atoms with van der Waals surface area (Å²) in [6, 6.07) is 7.61. The number of hydrogen-bond donors (Lipinski definition) is 1. The first kappa shape index (κ1) is 18.6. The van der Waals surface area contributed by atoms with Crippen molar-refractivity contribution in [1.82, 2.24) is 14.5 Å². The first-order chi connectivity index (χ1) is 12.6. The summed E-state index contributed by atoms with van der Waals surface area (Å²) in [7, 11) is 1.79. The Labute approximate surface area is 156 Å². The second-order valence-corrected chi connectivity index (χ2v) is 7.50. The predicted molar refractivity (Wildman–Crippen MR) is 102 cm³/mol. The van der Waals surface area contributed by atoms with Crippen LogP contribution in [0.3, 0.4) is 0 Å². The summed E-state index contributed by atoms with van der Waals surface area (Å²) in [4.78, 5) is 13.0. The van der Waals surface area contributed by atoms with Crippen molar-refractivity contribution in [3.8, 4) is 11.6 Å². The fraction of sp³-hybridized carbons (Fsp3) is 0.368. The van der Waals surface area contributed by atoms with Gasteiger partial charge in [0.05, 0.1) is 11.4 Å². The molecule has 27 heavy (non-hydrogen) atoms. The van der Waals surface area contributed by atoms with E-state index in [2.05, 4.69) is 15.4 Å². The maximum atomic E-state index is 13.0. The summed E-state index contributed by atoms with van der Waals surface area (Å²) in [6.45, 7) is 9.49. The quantitative estimate of drug-likeness (QED) is 0.700. The monoisotopic (exact) mass is 369 g/mol. The van der Waals surface area contributed by atoms with E-state index in [0.717, 1.165) is 11.3 Å². The average molecular weight is 369 g/mol. The molecule has 0 amide bonds. The van der Waals surface area contributed by atoms with Crippen molar-refractivity contribution in [2.45, 2.75) is 40.0 Å². The fourth-order valence-corrected chi connectivity index (χ4v) is 2.84. The molecule has 0 fully saturated rings. The number of benzene rings is 1. The number of aromatic hydroxyl groups is 1. The highest BCUT2D eigenvalue weighted by molar-refractivity contribution is 5.52. The SMILES string of the molecule is Cc1ccccc1-n1c(=O)c(N=Nc2c(C(C)(C)C)noc2O)c(C)n1C. The van der Waals surface area contributed by atoms with Crippen LogP contribution in [0.25, 0.3) is 5.69 Å². The number of azo groups is 1. The van der Waals surface area contributed by atoms with Gasteiger partial charge in [0.15, 0.2) is 11.4 Å². The zero-order valence-electron chi connectivity index (χ0n) is 16.3. The summed E-state index contributed by atoms with van der Waals surface area (Å²) in [6.07, 6.45) is 0. The minimum Gasteiger partial charge on any atom is -0.478 e. The molecular formula is C19H23N5O3. The summed E-state index contributed by atoms with van der Waals surface area (Å²) >= 11 is 0. The lowest BCUT2D eigenvalue weighted by Crippen LogP contribution is -2.20. The second kappa shape index (κ2) is 6.53. The highest BCUT2D eigenvalue weighted by Gasteiger charge is 2.27. The van der Waals surface area contributed by atoms with E-state index in [1.54, 1.807) is 23.3 Å². The molecule has 0 saturated heterocycles. The lowest BCUT2D eigenvalue weighted by Gasteiger charge is -2.13. The third-order valence-corrected chi connectivity index (χ3v) is 4.48. The topological polar surface area (TPSA) is 97.9 Å². The molecule has 3 rings (SSSR count). The van der Waals surface area contributed by atoms with Gasteiger partial charge < -0.3 is 9.63 Å². The Hall–Kier alpha value is -3.16. The molecule has 2 heterocycles. The van der Waals surface area contributed by atoms with Crippen molar-refractivity contribution in [3.63, 3.8) is 0 Å². The fourth-order valence-electron chi connectivity index (χ4n) is 2.84. The molecule has 0 aliphatic heterocycles. The Kier molecular flexibility index (Phi) is 4.51. The van der Waals surface area contributed by atoms with Gasteiger partial charge in [0.1, 0.15) is 5.69 Å². The summed E-state index contributed by atoms with van der Waals surface area (Å²) in [5, 5.41) is 22.0. The Balaban J connectivity index is 2.13. The van der Waals surface area contributed by atoms with Gasteiger partial charge in [-0.3, -0.25) is 9.48 Å². The molecular weight excluding hydrogens is 346 g/mol. The second-order valence-electron chi connectivity index (χ2n) is 7.50. The maximum absolute atomic E-state index is 13.0. The van der Waals surface area contributed by atoms with Gasteiger partial charge in [-0.1, -0.05) is 44.1 Å². The van der Waals surface area contributed by atoms with E-state index in [0.29, 0.717) is 11.4 Å². The van der Waals surface area contributed by atoms with Crippen LogP contribution in [0.5, 0.6) is 5.95 Å². The van der Waals surface area contributed by atoms with Gasteiger partial charge in [-0.15, -0.1) is 10.2 Å². The van der Waals surface area contributed by atoms with E-state index in [1.807, 2.05) is 52.0 Å². The van der Waals surface area contributed by atoms with Gasteiger partial charge in [-0.05, 0) is 25.5 Å². The number of nitrogens with zero attached hydrogens (tertiary/aromatic N) is 5. The highest BCUT2D eigenvalue weighted by atomic mass is 16.5. The van der Waals surface area contributed by atoms with Crippen LogP contribution in [0.1, 0.15) is 37.7 Å². The molecule has 8 heteroatoms. The largest absolute Gasteiger partial charge is 0.478 e. The van der Waals surface area contributed by atoms with E-state index < -0.39 is 11.4 Å². The zero-order chi connectivity index (χ0) is 19.9. The van der Waals surface area contributed by atoms with Crippen molar-refractivity contribution in [2.24, 2.45) is 17.3 Å². The van der Waals surface area contributed by atoms with Crippen LogP contribution >= 0.6 is 0 Å². The Morgan fingerprint density at radius 2 is 1.74 bits per heavy atom. The van der Waals surface area contributed by atoms with E-state index in [9.17, 15) is 9.90 Å². The van der Waals surface area contributed by atoms with Crippen molar-refractivity contribution in [3.05, 3.63) is 51.6 Å². The van der Waals surface area contributed by atoms with Gasteiger partial charge in [0, 0.05) is 12.5 Å². The molecule has 0 unspecified atom stereocenters. The summed E-state index contributed by atoms with van der Waals surface area (Å²) in [5.74, 6) is -0.420. The molecule has 0 spiro atoms. The van der Waals surface area contributed by atoms with Crippen LogP contribution < -0.4 is 5.56 Å². The van der Waals surface area contributed by atoms with E-state index >= 15 is 0 Å². The first-order valence-corrected chi connectivity index (χ1v) is 8.58. The normalized spacial score (nSPS) is 12.2. The molecule has 0 aliphatic carbocycles. The van der Waals surface area contributed by atoms with Crippen LogP contribution in [0, 0.1) is 13.8 Å². The molecule has 8 nitrogen and oxygen atoms in total. The first-order valence-electron chi connectivity index (χ1n) is 8.58. The van der Waals surface area contributed by atoms with Crippen LogP contribution in [0.15, 0.2) is 43.8 Å². The molecule has 0 saturated carbocycles. The number of aryl methyl sites for hydroxylation is 1. The Bertz CT molecular complexity index is 1080. The van der Waals surface area contributed by atoms with Crippen LogP contribution in [-0.4, -0.2) is 19.6 Å². The molecule has 2 aromatic heterocycles. The van der Waals surface area contributed by atoms with Gasteiger partial charge in [0.2, 0.25) is 0 Å². The molecule has 142 valence electrons. The molecule has 0 radical (unpaired) electrons. The number of rotatable bonds is 3. The third kappa shape index (κ3) is 3.18. The summed E-state index contributed by atoms with van der Waals surface area (Å²) < 4.78 is 8.13. The van der Waals surface area contributed by atoms with E-state index in [1.165, 1.54) is 0 Å². The Morgan fingerprint density at radius 3 is 2.37 bits per heavy atom. The smallest absolute Gasteiger partial charge is 0.337 e. The summed E-state index contributed by atoms with van der Waals surface area (Å²) in [5.41, 5.74) is 2.51. The minimum atomic E-state index is -0.420. The molecule has 0 aliphatic rings. The molecule has 1 aromatic carbocycles. The minimum absolute atomic E-state index is 0.132. The lowest BCUT2D eigenvalue weighted by molar-refractivity contribution is 0.273. The van der Waals surface area contributed by atoms with Gasteiger partial charge in [-0.25, -0.2) is 4.68 Å². The lowest BCUT2D eigenvalue weighted by atomic mass is 9.91. The van der Waals surface area contributed by atoms with Crippen LogP contribution in [0.2, 0.25) is 0 Å². The molecule has 0 atom stereocenters. The number of hydrogen-bond acceptors (Lipinski definition) is 6. The van der Waals surface area contributed by atoms with Crippen molar-refractivity contribution in [1.29, 1.82) is 0 Å². The van der Waals surface area contributed by atoms with E-state index in [4.69, 9.17) is 4.52 Å². The predicted octanol–water partition coefficient (Wildman–Crippen LogP) is 4.20. The third-order valence-electron chi connectivity index (χ3n) is 4.48. The average Bonchev–Trinajstić information content (AvgIpc) is 3.06. The van der Waals surface area contributed by atoms with Crippen molar-refractivity contribution >= 4 is 11.4 Å². The Morgan fingerprint density at radius 1 is 1.11 bits per heavy atom. The maximum Gasteiger partial charge on any atom is 0.337 e. The van der Waals surface area contributed by atoms with Gasteiger partial charge in [-0.2, -0.15) is 0 Å². The van der Waals surface area contributed by atoms with Gasteiger partial charge in [0.25, 0.3) is 5.56 Å².